The number of hydrogen-bond acceptors (Lipinski definition) is 4. The molecule has 5 heteroatoms. The molecule has 1 amide bonds. The lowest BCUT2D eigenvalue weighted by Crippen LogP contribution is -2.45. The zero-order valence-electron chi connectivity index (χ0n) is 15.6. The Morgan fingerprint density at radius 3 is 2.58 bits per heavy atom. The number of carbonyl (C=O) groups excluding carboxylic acids is 1. The molecule has 1 atom stereocenters. The molecule has 1 aliphatic heterocycles. The normalized spacial score (nSPS) is 18.3. The Balaban J connectivity index is 1.87. The van der Waals surface area contributed by atoms with Gasteiger partial charge in [0.25, 0.3) is 0 Å². The fraction of sp³-hybridized carbons (Fsp3) is 0.684. The summed E-state index contributed by atoms with van der Waals surface area (Å²) in [6.07, 6.45) is 5.09. The van der Waals surface area contributed by atoms with Gasteiger partial charge in [0.15, 0.2) is 0 Å². The third-order valence-corrected chi connectivity index (χ3v) is 4.49. The molecule has 0 radical (unpaired) electrons. The summed E-state index contributed by atoms with van der Waals surface area (Å²) in [4.78, 5) is 21.4. The van der Waals surface area contributed by atoms with Crippen molar-refractivity contribution in [2.45, 2.75) is 39.7 Å². The summed E-state index contributed by atoms with van der Waals surface area (Å²) >= 11 is 0. The lowest BCUT2D eigenvalue weighted by atomic mass is 9.86. The molecule has 2 rings (SSSR count). The largest absolute Gasteiger partial charge is 0.349 e. The van der Waals surface area contributed by atoms with Gasteiger partial charge in [0, 0.05) is 51.5 Å². The summed E-state index contributed by atoms with van der Waals surface area (Å²) in [5, 5.41) is 3.22. The molecule has 1 aliphatic rings. The second-order valence-corrected chi connectivity index (χ2v) is 8.07. The highest BCUT2D eigenvalue weighted by Crippen LogP contribution is 2.29. The molecule has 1 N–H and O–H groups in total. The Morgan fingerprint density at radius 1 is 1.29 bits per heavy atom. The first kappa shape index (κ1) is 18.9. The first-order chi connectivity index (χ1) is 11.3. The van der Waals surface area contributed by atoms with Crippen LogP contribution in [0.15, 0.2) is 24.5 Å². The van der Waals surface area contributed by atoms with E-state index < -0.39 is 0 Å². The van der Waals surface area contributed by atoms with Gasteiger partial charge in [-0.2, -0.15) is 0 Å². The lowest BCUT2D eigenvalue weighted by molar-refractivity contribution is -0.122. The van der Waals surface area contributed by atoms with Gasteiger partial charge in [-0.25, -0.2) is 0 Å². The van der Waals surface area contributed by atoms with Crippen LogP contribution in [0, 0.1) is 5.41 Å². The van der Waals surface area contributed by atoms with E-state index in [1.165, 1.54) is 0 Å². The maximum atomic E-state index is 12.5. The lowest BCUT2D eigenvalue weighted by Gasteiger charge is -2.32. The van der Waals surface area contributed by atoms with Crippen LogP contribution in [0.4, 0.5) is 0 Å². The quantitative estimate of drug-likeness (QED) is 0.868. The molecule has 134 valence electrons. The molecule has 5 nitrogen and oxygen atoms in total. The predicted octanol–water partition coefficient (Wildman–Crippen LogP) is 2.31. The van der Waals surface area contributed by atoms with E-state index in [4.69, 9.17) is 0 Å². The van der Waals surface area contributed by atoms with Crippen LogP contribution < -0.4 is 5.32 Å². The fourth-order valence-corrected chi connectivity index (χ4v) is 3.04. The first-order valence-corrected chi connectivity index (χ1v) is 8.94. The van der Waals surface area contributed by atoms with Crippen molar-refractivity contribution in [3.8, 4) is 0 Å². The van der Waals surface area contributed by atoms with E-state index in [1.54, 1.807) is 6.20 Å². The van der Waals surface area contributed by atoms with E-state index >= 15 is 0 Å². The monoisotopic (exact) mass is 332 g/mol. The van der Waals surface area contributed by atoms with Gasteiger partial charge in [-0.3, -0.25) is 9.78 Å². The van der Waals surface area contributed by atoms with Crippen molar-refractivity contribution in [2.24, 2.45) is 5.41 Å². The zero-order valence-corrected chi connectivity index (χ0v) is 15.6. The number of likely N-dealkylation sites (N-methyl/N-ethyl adjacent to an activating group) is 1. The summed E-state index contributed by atoms with van der Waals surface area (Å²) in [6, 6.07) is 4.00. The van der Waals surface area contributed by atoms with E-state index in [-0.39, 0.29) is 17.4 Å². The van der Waals surface area contributed by atoms with Gasteiger partial charge < -0.3 is 15.1 Å². The summed E-state index contributed by atoms with van der Waals surface area (Å²) in [6.45, 7) is 11.7. The minimum absolute atomic E-state index is 0.0266. The van der Waals surface area contributed by atoms with Crippen LogP contribution in [-0.2, 0) is 4.79 Å². The van der Waals surface area contributed by atoms with E-state index in [0.29, 0.717) is 6.42 Å². The van der Waals surface area contributed by atoms with Crippen molar-refractivity contribution in [3.05, 3.63) is 30.1 Å². The summed E-state index contributed by atoms with van der Waals surface area (Å²) in [5.74, 6) is 0.132. The molecule has 1 fully saturated rings. The predicted molar refractivity (Wildman–Crippen MR) is 97.7 cm³/mol. The third kappa shape index (κ3) is 6.57. The van der Waals surface area contributed by atoms with Crippen LogP contribution in [0.25, 0.3) is 0 Å². The Labute approximate surface area is 146 Å². The Bertz CT molecular complexity index is 504. The van der Waals surface area contributed by atoms with Crippen LogP contribution in [0.2, 0.25) is 0 Å². The van der Waals surface area contributed by atoms with Gasteiger partial charge >= 0.3 is 0 Å². The Kier molecular flexibility index (Phi) is 6.75. The summed E-state index contributed by atoms with van der Waals surface area (Å²) in [5.41, 5.74) is 1.23. The summed E-state index contributed by atoms with van der Waals surface area (Å²) in [7, 11) is 2.15. The number of hydrogen-bond donors (Lipinski definition) is 1. The second kappa shape index (κ2) is 8.58. The van der Waals surface area contributed by atoms with Crippen molar-refractivity contribution in [3.63, 3.8) is 0 Å². The van der Waals surface area contributed by atoms with Crippen molar-refractivity contribution in [1.29, 1.82) is 0 Å². The number of aromatic nitrogens is 1. The minimum Gasteiger partial charge on any atom is -0.349 e. The van der Waals surface area contributed by atoms with E-state index in [2.05, 4.69) is 47.9 Å². The van der Waals surface area contributed by atoms with E-state index in [1.807, 2.05) is 18.3 Å². The molecule has 1 saturated heterocycles. The van der Waals surface area contributed by atoms with Gasteiger partial charge in [-0.05, 0) is 30.5 Å². The van der Waals surface area contributed by atoms with Crippen LogP contribution in [0.3, 0.4) is 0 Å². The number of pyridine rings is 1. The highest BCUT2D eigenvalue weighted by molar-refractivity contribution is 5.76. The molecular weight excluding hydrogens is 300 g/mol. The topological polar surface area (TPSA) is 48.5 Å². The average Bonchev–Trinajstić information content (AvgIpc) is 2.53. The number of amides is 1. The molecular formula is C19H32N4O. The van der Waals surface area contributed by atoms with Gasteiger partial charge in [0.2, 0.25) is 5.91 Å². The smallest absolute Gasteiger partial charge is 0.221 e. The van der Waals surface area contributed by atoms with Crippen LogP contribution >= 0.6 is 0 Å². The van der Waals surface area contributed by atoms with Crippen LogP contribution in [-0.4, -0.2) is 60.5 Å². The maximum Gasteiger partial charge on any atom is 0.221 e. The number of rotatable bonds is 6. The molecule has 0 bridgehead atoms. The van der Waals surface area contributed by atoms with Crippen molar-refractivity contribution >= 4 is 5.91 Å². The Morgan fingerprint density at radius 2 is 2.00 bits per heavy atom. The van der Waals surface area contributed by atoms with Crippen LogP contribution in [0.1, 0.15) is 45.2 Å². The van der Waals surface area contributed by atoms with Crippen molar-refractivity contribution in [2.75, 3.05) is 39.8 Å². The van der Waals surface area contributed by atoms with Crippen LogP contribution in [0.5, 0.6) is 0 Å². The molecule has 0 spiro atoms. The molecule has 0 aliphatic carbocycles. The van der Waals surface area contributed by atoms with Crippen molar-refractivity contribution in [1.82, 2.24) is 20.1 Å². The van der Waals surface area contributed by atoms with Gasteiger partial charge in [-0.1, -0.05) is 26.8 Å². The molecule has 2 heterocycles. The second-order valence-electron chi connectivity index (χ2n) is 8.07. The fourth-order valence-electron chi connectivity index (χ4n) is 3.04. The summed E-state index contributed by atoms with van der Waals surface area (Å²) < 4.78 is 0. The standard InChI is InChI=1S/C19H32N4O/c1-19(2,3)14-17(16-6-5-8-20-15-16)21-18(24)7-9-23-12-10-22(4)11-13-23/h5-6,8,15,17H,7,9-14H2,1-4H3,(H,21,24)/t17-/m0/s1. The molecule has 24 heavy (non-hydrogen) atoms. The number of nitrogens with zero attached hydrogens (tertiary/aromatic N) is 3. The van der Waals surface area contributed by atoms with Gasteiger partial charge in [0.05, 0.1) is 6.04 Å². The number of piperazine rings is 1. The molecule has 0 aromatic carbocycles. The molecule has 1 aromatic heterocycles. The van der Waals surface area contributed by atoms with Gasteiger partial charge in [0.1, 0.15) is 0 Å². The zero-order chi connectivity index (χ0) is 17.6. The molecule has 1 aromatic rings. The first-order valence-electron chi connectivity index (χ1n) is 8.94. The molecule has 0 unspecified atom stereocenters. The highest BCUT2D eigenvalue weighted by Gasteiger charge is 2.22. The maximum absolute atomic E-state index is 12.5. The van der Waals surface area contributed by atoms with Crippen molar-refractivity contribution < 1.29 is 4.79 Å². The molecule has 0 saturated carbocycles. The highest BCUT2D eigenvalue weighted by atomic mass is 16.1. The van der Waals surface area contributed by atoms with E-state index in [9.17, 15) is 4.79 Å². The number of carbonyl (C=O) groups is 1. The van der Waals surface area contributed by atoms with Gasteiger partial charge in [-0.15, -0.1) is 0 Å². The third-order valence-electron chi connectivity index (χ3n) is 4.49. The Hall–Kier alpha value is -1.46. The SMILES string of the molecule is CN1CCN(CCC(=O)N[C@@H](CC(C)(C)C)c2cccnc2)CC1. The minimum atomic E-state index is 0.0266. The van der Waals surface area contributed by atoms with E-state index in [0.717, 1.165) is 44.7 Å². The number of nitrogens with one attached hydrogen (secondary N) is 1. The average molecular weight is 332 g/mol.